The maximum Gasteiger partial charge on any atom is 0.258 e. The molecule has 0 saturated heterocycles. The molecule has 0 saturated carbocycles. The normalized spacial score (nSPS) is 11.7. The number of nitrogens with zero attached hydrogens (tertiary/aromatic N) is 2. The molecule has 0 fully saturated rings. The number of fused-ring (bicyclic) bond motifs is 1. The molecule has 1 N–H and O–H groups in total. The predicted octanol–water partition coefficient (Wildman–Crippen LogP) is 1.89. The summed E-state index contributed by atoms with van der Waals surface area (Å²) in [5, 5.41) is 3.98. The van der Waals surface area contributed by atoms with Gasteiger partial charge in [0.15, 0.2) is 0 Å². The molecule has 8 heteroatoms. The van der Waals surface area contributed by atoms with E-state index in [4.69, 9.17) is 0 Å². The fourth-order valence-electron chi connectivity index (χ4n) is 2.65. The molecule has 0 unspecified atom stereocenters. The van der Waals surface area contributed by atoms with Gasteiger partial charge in [-0.2, -0.15) is 0 Å². The van der Waals surface area contributed by atoms with Crippen LogP contribution in [-0.4, -0.2) is 37.3 Å². The van der Waals surface area contributed by atoms with E-state index < -0.39 is 15.9 Å². The molecule has 27 heavy (non-hydrogen) atoms. The van der Waals surface area contributed by atoms with E-state index in [1.807, 2.05) is 12.1 Å². The minimum Gasteiger partial charge on any atom is -0.324 e. The van der Waals surface area contributed by atoms with Crippen molar-refractivity contribution in [2.24, 2.45) is 0 Å². The molecule has 0 aliphatic carbocycles. The van der Waals surface area contributed by atoms with Gasteiger partial charge in [0.2, 0.25) is 15.9 Å². The van der Waals surface area contributed by atoms with Crippen LogP contribution in [0.5, 0.6) is 0 Å². The van der Waals surface area contributed by atoms with Crippen LogP contribution in [0.25, 0.3) is 10.8 Å². The second-order valence-corrected chi connectivity index (χ2v) is 8.35. The van der Waals surface area contributed by atoms with Gasteiger partial charge in [-0.3, -0.25) is 9.59 Å². The van der Waals surface area contributed by atoms with Crippen LogP contribution in [0.4, 0.5) is 5.69 Å². The van der Waals surface area contributed by atoms with Crippen molar-refractivity contribution in [2.75, 3.05) is 19.4 Å². The van der Waals surface area contributed by atoms with E-state index in [0.717, 1.165) is 9.69 Å². The first-order valence-electron chi connectivity index (χ1n) is 8.20. The zero-order valence-corrected chi connectivity index (χ0v) is 15.7. The first-order valence-corrected chi connectivity index (χ1v) is 9.64. The first-order chi connectivity index (χ1) is 12.8. The summed E-state index contributed by atoms with van der Waals surface area (Å²) in [6.45, 7) is -0.172. The molecule has 0 bridgehead atoms. The topological polar surface area (TPSA) is 88.5 Å². The van der Waals surface area contributed by atoms with Gasteiger partial charge in [0, 0.05) is 31.4 Å². The van der Waals surface area contributed by atoms with Crippen molar-refractivity contribution in [3.8, 4) is 0 Å². The Kier molecular flexibility index (Phi) is 5.11. The smallest absolute Gasteiger partial charge is 0.258 e. The molecule has 3 rings (SSSR count). The third-order valence-corrected chi connectivity index (χ3v) is 5.91. The molecule has 7 nitrogen and oxygen atoms in total. The maximum atomic E-state index is 12.5. The van der Waals surface area contributed by atoms with Crippen molar-refractivity contribution < 1.29 is 13.2 Å². The lowest BCUT2D eigenvalue weighted by molar-refractivity contribution is -0.116. The predicted molar refractivity (Wildman–Crippen MR) is 104 cm³/mol. The highest BCUT2D eigenvalue weighted by atomic mass is 32.2. The molecule has 1 aromatic heterocycles. The highest BCUT2D eigenvalue weighted by molar-refractivity contribution is 7.89. The number of aromatic nitrogens is 1. The summed E-state index contributed by atoms with van der Waals surface area (Å²) in [6, 6.07) is 14.9. The lowest BCUT2D eigenvalue weighted by atomic mass is 10.2. The number of sulfonamides is 1. The van der Waals surface area contributed by atoms with Gasteiger partial charge in [-0.15, -0.1) is 0 Å². The van der Waals surface area contributed by atoms with Crippen molar-refractivity contribution in [3.63, 3.8) is 0 Å². The number of pyridine rings is 1. The zero-order valence-electron chi connectivity index (χ0n) is 14.9. The van der Waals surface area contributed by atoms with Crippen molar-refractivity contribution in [1.82, 2.24) is 8.87 Å². The molecular formula is C19H19N3O4S. The Balaban J connectivity index is 1.81. The molecule has 0 aliphatic heterocycles. The lowest BCUT2D eigenvalue weighted by Crippen LogP contribution is -2.27. The van der Waals surface area contributed by atoms with Gasteiger partial charge in [-0.1, -0.05) is 24.3 Å². The molecule has 0 radical (unpaired) electrons. The SMILES string of the molecule is CN(C)S(=O)(=O)c1cccc(NC(=O)Cn2ccc3ccccc3c2=O)c1. The largest absolute Gasteiger partial charge is 0.324 e. The number of anilines is 1. The number of benzene rings is 2. The van der Waals surface area contributed by atoms with Crippen LogP contribution in [-0.2, 0) is 21.4 Å². The highest BCUT2D eigenvalue weighted by Gasteiger charge is 2.17. The number of carbonyl (C=O) groups excluding carboxylic acids is 1. The Morgan fingerprint density at radius 3 is 2.56 bits per heavy atom. The third kappa shape index (κ3) is 3.91. The average molecular weight is 385 g/mol. The number of amides is 1. The molecule has 140 valence electrons. The minimum absolute atomic E-state index is 0.0770. The van der Waals surface area contributed by atoms with Crippen molar-refractivity contribution in [2.45, 2.75) is 11.4 Å². The molecule has 0 spiro atoms. The molecule has 2 aromatic carbocycles. The summed E-state index contributed by atoms with van der Waals surface area (Å²) < 4.78 is 26.8. The lowest BCUT2D eigenvalue weighted by Gasteiger charge is -2.13. The second-order valence-electron chi connectivity index (χ2n) is 6.20. The summed E-state index contributed by atoms with van der Waals surface area (Å²) in [5.74, 6) is -0.424. The summed E-state index contributed by atoms with van der Waals surface area (Å²) in [7, 11) is -0.724. The van der Waals surface area contributed by atoms with Crippen LogP contribution < -0.4 is 10.9 Å². The summed E-state index contributed by atoms with van der Waals surface area (Å²) in [4.78, 5) is 24.9. The van der Waals surface area contributed by atoms with Crippen molar-refractivity contribution in [1.29, 1.82) is 0 Å². The maximum absolute atomic E-state index is 12.5. The Morgan fingerprint density at radius 1 is 1.07 bits per heavy atom. The van der Waals surface area contributed by atoms with Crippen LogP contribution in [0.2, 0.25) is 0 Å². The number of hydrogen-bond acceptors (Lipinski definition) is 4. The highest BCUT2D eigenvalue weighted by Crippen LogP contribution is 2.18. The number of carbonyl (C=O) groups is 1. The van der Waals surface area contributed by atoms with Crippen LogP contribution in [0, 0.1) is 0 Å². The van der Waals surface area contributed by atoms with Gasteiger partial charge >= 0.3 is 0 Å². The summed E-state index contributed by atoms with van der Waals surface area (Å²) in [6.07, 6.45) is 1.57. The molecule has 0 aliphatic rings. The Bertz CT molecular complexity index is 1170. The van der Waals surface area contributed by atoms with Gasteiger partial charge in [0.05, 0.1) is 4.90 Å². The van der Waals surface area contributed by atoms with E-state index in [1.54, 1.807) is 36.5 Å². The fourth-order valence-corrected chi connectivity index (χ4v) is 3.60. The standard InChI is InChI=1S/C19H19N3O4S/c1-21(2)27(25,26)16-8-5-7-15(12-16)20-18(23)13-22-11-10-14-6-3-4-9-17(14)19(22)24/h3-12H,13H2,1-2H3,(H,20,23). The average Bonchev–Trinajstić information content (AvgIpc) is 2.64. The van der Waals surface area contributed by atoms with Crippen LogP contribution >= 0.6 is 0 Å². The van der Waals surface area contributed by atoms with E-state index in [9.17, 15) is 18.0 Å². The van der Waals surface area contributed by atoms with E-state index >= 15 is 0 Å². The molecular weight excluding hydrogens is 366 g/mol. The molecule has 1 amide bonds. The Hall–Kier alpha value is -2.97. The summed E-state index contributed by atoms with van der Waals surface area (Å²) in [5.41, 5.74) is 0.0870. The number of hydrogen-bond donors (Lipinski definition) is 1. The van der Waals surface area contributed by atoms with Gasteiger partial charge in [0.25, 0.3) is 5.56 Å². The molecule has 1 heterocycles. The summed E-state index contributed by atoms with van der Waals surface area (Å²) >= 11 is 0. The van der Waals surface area contributed by atoms with Crippen LogP contribution in [0.3, 0.4) is 0 Å². The van der Waals surface area contributed by atoms with E-state index in [0.29, 0.717) is 11.1 Å². The minimum atomic E-state index is -3.60. The first kappa shape index (κ1) is 18.8. The van der Waals surface area contributed by atoms with Crippen molar-refractivity contribution in [3.05, 3.63) is 71.1 Å². The Morgan fingerprint density at radius 2 is 1.81 bits per heavy atom. The van der Waals surface area contributed by atoms with Crippen molar-refractivity contribution >= 4 is 32.4 Å². The zero-order chi connectivity index (χ0) is 19.6. The fraction of sp³-hybridized carbons (Fsp3) is 0.158. The van der Waals surface area contributed by atoms with E-state index in [-0.39, 0.29) is 17.0 Å². The Labute approximate surface area is 156 Å². The van der Waals surface area contributed by atoms with Gasteiger partial charge in [0.1, 0.15) is 6.54 Å². The monoisotopic (exact) mass is 385 g/mol. The third-order valence-electron chi connectivity index (χ3n) is 4.10. The number of nitrogens with one attached hydrogen (secondary N) is 1. The second kappa shape index (κ2) is 7.34. The van der Waals surface area contributed by atoms with E-state index in [1.165, 1.54) is 30.8 Å². The van der Waals surface area contributed by atoms with Gasteiger partial charge < -0.3 is 9.88 Å². The van der Waals surface area contributed by atoms with Gasteiger partial charge in [-0.05, 0) is 35.7 Å². The number of rotatable bonds is 5. The van der Waals surface area contributed by atoms with Crippen LogP contribution in [0.1, 0.15) is 0 Å². The molecule has 0 atom stereocenters. The van der Waals surface area contributed by atoms with Crippen LogP contribution in [0.15, 0.2) is 70.5 Å². The van der Waals surface area contributed by atoms with E-state index in [2.05, 4.69) is 5.32 Å². The quantitative estimate of drug-likeness (QED) is 0.726. The van der Waals surface area contributed by atoms with Gasteiger partial charge in [-0.25, -0.2) is 12.7 Å². The molecule has 3 aromatic rings.